The van der Waals surface area contributed by atoms with Crippen molar-refractivity contribution in [2.75, 3.05) is 5.73 Å². The molecular weight excluding hydrogens is 305 g/mol. The van der Waals surface area contributed by atoms with Gasteiger partial charge in [0, 0.05) is 5.71 Å². The van der Waals surface area contributed by atoms with Crippen molar-refractivity contribution in [3.8, 4) is 0 Å². The van der Waals surface area contributed by atoms with E-state index in [4.69, 9.17) is 5.73 Å². The van der Waals surface area contributed by atoms with Crippen molar-refractivity contribution in [3.63, 3.8) is 0 Å². The number of carbonyl (C=O) groups excluding carboxylic acids is 1. The predicted molar refractivity (Wildman–Crippen MR) is 67.5 cm³/mol. The lowest BCUT2D eigenvalue weighted by atomic mass is 9.80. The molecule has 1 aromatic rings. The van der Waals surface area contributed by atoms with Crippen LogP contribution >= 0.6 is 0 Å². The zero-order valence-corrected chi connectivity index (χ0v) is 11.3. The Bertz CT molecular complexity index is 642. The van der Waals surface area contributed by atoms with Gasteiger partial charge in [-0.05, 0) is 19.3 Å². The summed E-state index contributed by atoms with van der Waals surface area (Å²) in [5.41, 5.74) is 1.58. The summed E-state index contributed by atoms with van der Waals surface area (Å²) in [6, 6.07) is -0.358. The van der Waals surface area contributed by atoms with Gasteiger partial charge < -0.3 is 15.3 Å². The van der Waals surface area contributed by atoms with E-state index in [9.17, 15) is 23.1 Å². The van der Waals surface area contributed by atoms with E-state index < -0.39 is 29.4 Å². The second kappa shape index (κ2) is 4.70. The molecule has 0 spiro atoms. The highest BCUT2D eigenvalue weighted by Crippen LogP contribution is 2.48. The van der Waals surface area contributed by atoms with Gasteiger partial charge in [0.1, 0.15) is 6.26 Å². The zero-order valence-electron chi connectivity index (χ0n) is 11.3. The lowest BCUT2D eigenvalue weighted by Gasteiger charge is -2.37. The number of amides is 1. The molecule has 0 bridgehead atoms. The molecule has 1 aromatic heterocycles. The van der Waals surface area contributed by atoms with E-state index in [2.05, 4.69) is 14.5 Å². The Morgan fingerprint density at radius 2 is 2.23 bits per heavy atom. The molecule has 0 saturated heterocycles. The van der Waals surface area contributed by atoms with Crippen LogP contribution in [0.1, 0.15) is 36.2 Å². The third kappa shape index (κ3) is 1.97. The summed E-state index contributed by atoms with van der Waals surface area (Å²) in [6.07, 6.45) is -2.60. The number of carbonyl (C=O) groups is 1. The van der Waals surface area contributed by atoms with Crippen LogP contribution in [0.3, 0.4) is 0 Å². The van der Waals surface area contributed by atoms with Crippen LogP contribution in [-0.4, -0.2) is 38.6 Å². The number of rotatable bonds is 1. The van der Waals surface area contributed by atoms with Crippen LogP contribution < -0.4 is 5.73 Å². The number of alkyl halides is 3. The summed E-state index contributed by atoms with van der Waals surface area (Å²) in [7, 11) is 0. The highest BCUT2D eigenvalue weighted by Gasteiger charge is 2.68. The van der Waals surface area contributed by atoms with Crippen LogP contribution in [-0.2, 0) is 0 Å². The number of nitrogens with zero attached hydrogens (tertiary/aromatic N) is 3. The second-order valence-corrected chi connectivity index (χ2v) is 5.30. The minimum Gasteiger partial charge on any atom is -0.431 e. The highest BCUT2D eigenvalue weighted by atomic mass is 19.4. The van der Waals surface area contributed by atoms with Crippen molar-refractivity contribution in [2.45, 2.75) is 37.6 Å². The average Bonchev–Trinajstić information content (AvgIpc) is 3.01. The fourth-order valence-electron chi connectivity index (χ4n) is 2.91. The molecule has 7 nitrogen and oxygen atoms in total. The number of hydrogen-bond acceptors (Lipinski definition) is 6. The Balaban J connectivity index is 2.03. The van der Waals surface area contributed by atoms with Gasteiger partial charge in [-0.25, -0.2) is 0 Å². The average molecular weight is 318 g/mol. The van der Waals surface area contributed by atoms with Gasteiger partial charge in [0.05, 0.1) is 5.92 Å². The zero-order chi connectivity index (χ0) is 16.1. The Morgan fingerprint density at radius 3 is 2.82 bits per heavy atom. The first-order chi connectivity index (χ1) is 10.2. The Kier molecular flexibility index (Phi) is 3.17. The predicted octanol–water partition coefficient (Wildman–Crippen LogP) is 1.51. The maximum absolute atomic E-state index is 13.5. The molecule has 10 heteroatoms. The van der Waals surface area contributed by atoms with Crippen LogP contribution in [0.4, 0.5) is 19.2 Å². The number of anilines is 1. The Morgan fingerprint density at radius 1 is 1.50 bits per heavy atom. The molecule has 0 unspecified atom stereocenters. The van der Waals surface area contributed by atoms with Crippen molar-refractivity contribution in [1.82, 2.24) is 9.99 Å². The highest BCUT2D eigenvalue weighted by molar-refractivity contribution is 5.98. The van der Waals surface area contributed by atoms with Gasteiger partial charge in [-0.15, -0.1) is 0 Å². The van der Waals surface area contributed by atoms with Crippen LogP contribution in [0.5, 0.6) is 0 Å². The van der Waals surface area contributed by atoms with E-state index in [0.29, 0.717) is 19.3 Å². The molecule has 3 rings (SSSR count). The SMILES string of the molecule is Nc1nc(C(=O)N2N=C3CCCC[C@@H]3[C@@]2(O)C(F)(F)F)co1. The topological polar surface area (TPSA) is 105 Å². The normalized spacial score (nSPS) is 28.5. The number of oxazole rings is 1. The quantitative estimate of drug-likeness (QED) is 0.816. The Hall–Kier alpha value is -2.10. The molecule has 22 heavy (non-hydrogen) atoms. The minimum atomic E-state index is -5.05. The molecular formula is C12H13F3N4O3. The molecule has 0 aromatic carbocycles. The van der Waals surface area contributed by atoms with Gasteiger partial charge in [-0.3, -0.25) is 4.79 Å². The van der Waals surface area contributed by atoms with Gasteiger partial charge in [-0.1, -0.05) is 6.42 Å². The summed E-state index contributed by atoms with van der Waals surface area (Å²) in [4.78, 5) is 15.7. The standard InChI is InChI=1S/C12H13F3N4O3/c13-12(14,15)11(21)6-3-1-2-4-7(6)18-19(11)9(20)8-5-22-10(16)17-8/h5-6,21H,1-4H2,(H2,16,17)/t6-,11+/m0/s1. The van der Waals surface area contributed by atoms with Crippen molar-refractivity contribution in [1.29, 1.82) is 0 Å². The molecule has 0 radical (unpaired) electrons. The van der Waals surface area contributed by atoms with E-state index in [-0.39, 0.29) is 23.2 Å². The van der Waals surface area contributed by atoms with Crippen LogP contribution in [0, 0.1) is 5.92 Å². The second-order valence-electron chi connectivity index (χ2n) is 5.30. The molecule has 1 fully saturated rings. The first kappa shape index (κ1) is 14.8. The van der Waals surface area contributed by atoms with Crippen molar-refractivity contribution in [3.05, 3.63) is 12.0 Å². The van der Waals surface area contributed by atoms with Gasteiger partial charge >= 0.3 is 6.18 Å². The monoisotopic (exact) mass is 318 g/mol. The van der Waals surface area contributed by atoms with Gasteiger partial charge in [0.15, 0.2) is 5.69 Å². The molecule has 2 heterocycles. The number of aliphatic hydroxyl groups is 1. The lowest BCUT2D eigenvalue weighted by Crippen LogP contribution is -2.61. The van der Waals surface area contributed by atoms with Crippen LogP contribution in [0.2, 0.25) is 0 Å². The summed E-state index contributed by atoms with van der Waals surface area (Å²) in [5.74, 6) is -2.46. The molecule has 1 amide bonds. The van der Waals surface area contributed by atoms with Crippen LogP contribution in [0.15, 0.2) is 15.8 Å². The Labute approximate surface area is 122 Å². The summed E-state index contributed by atoms with van der Waals surface area (Å²) >= 11 is 0. The molecule has 2 atom stereocenters. The smallest absolute Gasteiger partial charge is 0.431 e. The van der Waals surface area contributed by atoms with Crippen molar-refractivity contribution in [2.24, 2.45) is 11.0 Å². The fraction of sp³-hybridized carbons (Fsp3) is 0.583. The fourth-order valence-corrected chi connectivity index (χ4v) is 2.91. The van der Waals surface area contributed by atoms with E-state index in [1.807, 2.05) is 0 Å². The van der Waals surface area contributed by atoms with Gasteiger partial charge in [0.25, 0.3) is 17.6 Å². The van der Waals surface area contributed by atoms with Gasteiger partial charge in [-0.2, -0.15) is 28.3 Å². The molecule has 1 aliphatic heterocycles. The van der Waals surface area contributed by atoms with Crippen molar-refractivity contribution >= 4 is 17.6 Å². The third-order valence-electron chi connectivity index (χ3n) is 3.97. The number of halogens is 3. The molecule has 1 aliphatic carbocycles. The molecule has 1 saturated carbocycles. The number of hydrogen-bond donors (Lipinski definition) is 2. The molecule has 3 N–H and O–H groups in total. The summed E-state index contributed by atoms with van der Waals surface area (Å²) in [6.45, 7) is 0. The lowest BCUT2D eigenvalue weighted by molar-refractivity contribution is -0.312. The van der Waals surface area contributed by atoms with E-state index in [1.54, 1.807) is 0 Å². The maximum atomic E-state index is 13.5. The molecule has 2 aliphatic rings. The first-order valence-electron chi connectivity index (χ1n) is 6.67. The molecule has 120 valence electrons. The number of fused-ring (bicyclic) bond motifs is 1. The largest absolute Gasteiger partial charge is 0.439 e. The van der Waals surface area contributed by atoms with E-state index in [1.165, 1.54) is 0 Å². The first-order valence-corrected chi connectivity index (χ1v) is 6.67. The van der Waals surface area contributed by atoms with Crippen LogP contribution in [0.25, 0.3) is 0 Å². The summed E-state index contributed by atoms with van der Waals surface area (Å²) < 4.78 is 45.0. The minimum absolute atomic E-state index is 0.0651. The number of hydrazone groups is 1. The third-order valence-corrected chi connectivity index (χ3v) is 3.97. The van der Waals surface area contributed by atoms with E-state index in [0.717, 1.165) is 6.26 Å². The van der Waals surface area contributed by atoms with Gasteiger partial charge in [0.2, 0.25) is 0 Å². The number of aromatic nitrogens is 1. The number of nitrogen functional groups attached to an aromatic ring is 1. The summed E-state index contributed by atoms with van der Waals surface area (Å²) in [5, 5.41) is 14.1. The maximum Gasteiger partial charge on any atom is 0.439 e. The number of nitrogens with two attached hydrogens (primary N) is 1. The van der Waals surface area contributed by atoms with E-state index >= 15 is 0 Å². The van der Waals surface area contributed by atoms with Crippen molar-refractivity contribution < 1.29 is 27.5 Å².